The Labute approximate surface area is 117 Å². The van der Waals surface area contributed by atoms with Crippen molar-refractivity contribution >= 4 is 17.5 Å². The molecule has 1 aliphatic rings. The van der Waals surface area contributed by atoms with Crippen molar-refractivity contribution in [3.63, 3.8) is 0 Å². The van der Waals surface area contributed by atoms with Gasteiger partial charge in [0.15, 0.2) is 0 Å². The SMILES string of the molecule is Cn1ccc(C(=O)NC2CCC(CCl)CC2)cc1=O. The molecule has 1 heterocycles. The summed E-state index contributed by atoms with van der Waals surface area (Å²) in [7, 11) is 1.66. The summed E-state index contributed by atoms with van der Waals surface area (Å²) in [6.45, 7) is 0. The average Bonchev–Trinajstić information content (AvgIpc) is 2.42. The number of amides is 1. The predicted molar refractivity (Wildman–Crippen MR) is 75.6 cm³/mol. The second kappa shape index (κ2) is 6.24. The second-order valence-electron chi connectivity index (χ2n) is 5.21. The van der Waals surface area contributed by atoms with Gasteiger partial charge in [-0.3, -0.25) is 9.59 Å². The van der Waals surface area contributed by atoms with Crippen LogP contribution in [-0.2, 0) is 7.05 Å². The summed E-state index contributed by atoms with van der Waals surface area (Å²) in [6.07, 6.45) is 5.67. The van der Waals surface area contributed by atoms with E-state index in [4.69, 9.17) is 11.6 Å². The number of nitrogens with zero attached hydrogens (tertiary/aromatic N) is 1. The fraction of sp³-hybridized carbons (Fsp3) is 0.571. The summed E-state index contributed by atoms with van der Waals surface area (Å²) in [4.78, 5) is 23.5. The van der Waals surface area contributed by atoms with Crippen LogP contribution in [0.3, 0.4) is 0 Å². The maximum atomic E-state index is 12.0. The molecule has 0 radical (unpaired) electrons. The maximum absolute atomic E-state index is 12.0. The van der Waals surface area contributed by atoms with Crippen LogP contribution in [0.5, 0.6) is 0 Å². The predicted octanol–water partition coefficient (Wildman–Crippen LogP) is 1.91. The molecule has 1 saturated carbocycles. The smallest absolute Gasteiger partial charge is 0.251 e. The Bertz CT molecular complexity index is 504. The summed E-state index contributed by atoms with van der Waals surface area (Å²) in [6, 6.07) is 3.25. The molecule has 1 aliphatic carbocycles. The minimum absolute atomic E-state index is 0.160. The van der Waals surface area contributed by atoms with Crippen LogP contribution in [0.2, 0.25) is 0 Å². The lowest BCUT2D eigenvalue weighted by Gasteiger charge is -2.27. The molecule has 104 valence electrons. The number of alkyl halides is 1. The van der Waals surface area contributed by atoms with Gasteiger partial charge < -0.3 is 9.88 Å². The molecule has 2 rings (SSSR count). The molecular formula is C14H19ClN2O2. The van der Waals surface area contributed by atoms with Gasteiger partial charge in [0.2, 0.25) is 0 Å². The first-order valence-corrected chi connectivity index (χ1v) is 7.17. The molecule has 1 fully saturated rings. The van der Waals surface area contributed by atoms with E-state index in [1.807, 2.05) is 0 Å². The van der Waals surface area contributed by atoms with Crippen LogP contribution >= 0.6 is 11.6 Å². The van der Waals surface area contributed by atoms with Gasteiger partial charge in [-0.1, -0.05) is 0 Å². The summed E-state index contributed by atoms with van der Waals surface area (Å²) in [5, 5.41) is 3.00. The number of nitrogens with one attached hydrogen (secondary N) is 1. The van der Waals surface area contributed by atoms with Gasteiger partial charge in [0.25, 0.3) is 11.5 Å². The number of hydrogen-bond donors (Lipinski definition) is 1. The molecule has 0 aromatic carbocycles. The number of hydrogen-bond acceptors (Lipinski definition) is 2. The molecule has 1 aromatic heterocycles. The number of pyridine rings is 1. The van der Waals surface area contributed by atoms with E-state index < -0.39 is 0 Å². The zero-order valence-corrected chi connectivity index (χ0v) is 11.8. The normalized spacial score (nSPS) is 23.1. The van der Waals surface area contributed by atoms with Crippen molar-refractivity contribution in [1.29, 1.82) is 0 Å². The van der Waals surface area contributed by atoms with Crippen molar-refractivity contribution < 1.29 is 4.79 Å². The molecule has 5 heteroatoms. The molecule has 1 amide bonds. The molecule has 0 unspecified atom stereocenters. The van der Waals surface area contributed by atoms with E-state index >= 15 is 0 Å². The number of halogens is 1. The van der Waals surface area contributed by atoms with E-state index in [-0.39, 0.29) is 17.5 Å². The largest absolute Gasteiger partial charge is 0.349 e. The summed E-state index contributed by atoms with van der Waals surface area (Å²) in [5.41, 5.74) is 0.265. The molecule has 4 nitrogen and oxygen atoms in total. The lowest BCUT2D eigenvalue weighted by molar-refractivity contribution is 0.0923. The Kier molecular flexibility index (Phi) is 4.64. The molecule has 0 atom stereocenters. The molecule has 0 aliphatic heterocycles. The van der Waals surface area contributed by atoms with E-state index in [0.717, 1.165) is 25.7 Å². The number of aryl methyl sites for hydroxylation is 1. The minimum Gasteiger partial charge on any atom is -0.349 e. The van der Waals surface area contributed by atoms with Crippen molar-refractivity contribution in [2.45, 2.75) is 31.7 Å². The zero-order chi connectivity index (χ0) is 13.8. The fourth-order valence-corrected chi connectivity index (χ4v) is 2.73. The van der Waals surface area contributed by atoms with E-state index in [1.54, 1.807) is 19.3 Å². The molecule has 1 N–H and O–H groups in total. The van der Waals surface area contributed by atoms with Gasteiger partial charge in [-0.15, -0.1) is 11.6 Å². The van der Waals surface area contributed by atoms with Gasteiger partial charge in [-0.25, -0.2) is 0 Å². The minimum atomic E-state index is -0.168. The number of aromatic nitrogens is 1. The molecule has 0 spiro atoms. The van der Waals surface area contributed by atoms with Crippen LogP contribution in [-0.4, -0.2) is 22.4 Å². The van der Waals surface area contributed by atoms with Crippen molar-refractivity contribution in [2.75, 3.05) is 5.88 Å². The number of carbonyl (C=O) groups is 1. The van der Waals surface area contributed by atoms with Crippen LogP contribution < -0.4 is 10.9 Å². The number of rotatable bonds is 3. The Morgan fingerprint density at radius 3 is 2.68 bits per heavy atom. The molecule has 0 bridgehead atoms. The average molecular weight is 283 g/mol. The van der Waals surface area contributed by atoms with E-state index in [1.165, 1.54) is 10.6 Å². The standard InChI is InChI=1S/C14H19ClN2O2/c1-17-7-6-11(8-13(17)18)14(19)16-12-4-2-10(9-15)3-5-12/h6-8,10,12H,2-5,9H2,1H3,(H,16,19). The number of carbonyl (C=O) groups excluding carboxylic acids is 1. The van der Waals surface area contributed by atoms with E-state index in [9.17, 15) is 9.59 Å². The van der Waals surface area contributed by atoms with Gasteiger partial charge in [0, 0.05) is 36.8 Å². The third-order valence-electron chi connectivity index (χ3n) is 3.77. The second-order valence-corrected chi connectivity index (χ2v) is 5.52. The molecular weight excluding hydrogens is 264 g/mol. The molecule has 1 aromatic rings. The maximum Gasteiger partial charge on any atom is 0.251 e. The topological polar surface area (TPSA) is 51.1 Å². The van der Waals surface area contributed by atoms with Gasteiger partial charge in [0.05, 0.1) is 0 Å². The van der Waals surface area contributed by atoms with E-state index in [0.29, 0.717) is 17.4 Å². The summed E-state index contributed by atoms with van der Waals surface area (Å²) >= 11 is 5.84. The van der Waals surface area contributed by atoms with Gasteiger partial charge in [0.1, 0.15) is 0 Å². The third kappa shape index (κ3) is 3.60. The summed E-state index contributed by atoms with van der Waals surface area (Å²) in [5.74, 6) is 1.13. The third-order valence-corrected chi connectivity index (χ3v) is 4.20. The molecule has 0 saturated heterocycles. The van der Waals surface area contributed by atoms with Gasteiger partial charge >= 0.3 is 0 Å². The first-order chi connectivity index (χ1) is 9.10. The van der Waals surface area contributed by atoms with Crippen molar-refractivity contribution in [2.24, 2.45) is 13.0 Å². The Morgan fingerprint density at radius 2 is 2.11 bits per heavy atom. The highest BCUT2D eigenvalue weighted by Gasteiger charge is 2.22. The van der Waals surface area contributed by atoms with Gasteiger partial charge in [-0.2, -0.15) is 0 Å². The summed E-state index contributed by atoms with van der Waals surface area (Å²) < 4.78 is 1.45. The Hall–Kier alpha value is -1.29. The van der Waals surface area contributed by atoms with Crippen molar-refractivity contribution in [1.82, 2.24) is 9.88 Å². The Morgan fingerprint density at radius 1 is 1.42 bits per heavy atom. The van der Waals surface area contributed by atoms with Crippen LogP contribution in [0, 0.1) is 5.92 Å². The lowest BCUT2D eigenvalue weighted by atomic mass is 9.87. The fourth-order valence-electron chi connectivity index (χ4n) is 2.42. The van der Waals surface area contributed by atoms with Gasteiger partial charge in [-0.05, 0) is 37.7 Å². The highest BCUT2D eigenvalue weighted by Crippen LogP contribution is 2.25. The first-order valence-electron chi connectivity index (χ1n) is 6.63. The zero-order valence-electron chi connectivity index (χ0n) is 11.1. The quantitative estimate of drug-likeness (QED) is 0.861. The first kappa shape index (κ1) is 14.1. The highest BCUT2D eigenvalue weighted by atomic mass is 35.5. The van der Waals surface area contributed by atoms with Crippen molar-refractivity contribution in [3.05, 3.63) is 34.2 Å². The lowest BCUT2D eigenvalue weighted by Crippen LogP contribution is -2.38. The highest BCUT2D eigenvalue weighted by molar-refractivity contribution is 6.18. The molecule has 19 heavy (non-hydrogen) atoms. The van der Waals surface area contributed by atoms with E-state index in [2.05, 4.69) is 5.32 Å². The Balaban J connectivity index is 1.94. The van der Waals surface area contributed by atoms with Crippen LogP contribution in [0.25, 0.3) is 0 Å². The van der Waals surface area contributed by atoms with Crippen molar-refractivity contribution in [3.8, 4) is 0 Å². The van der Waals surface area contributed by atoms with Crippen LogP contribution in [0.15, 0.2) is 23.1 Å². The van der Waals surface area contributed by atoms with Crippen LogP contribution in [0.4, 0.5) is 0 Å². The van der Waals surface area contributed by atoms with Crippen LogP contribution in [0.1, 0.15) is 36.0 Å². The monoisotopic (exact) mass is 282 g/mol.